The predicted molar refractivity (Wildman–Crippen MR) is 92.9 cm³/mol. The van der Waals surface area contributed by atoms with E-state index in [0.29, 0.717) is 0 Å². The van der Waals surface area contributed by atoms with Gasteiger partial charge < -0.3 is 0 Å². The Kier molecular flexibility index (Phi) is 4.49. The van der Waals surface area contributed by atoms with Crippen LogP contribution >= 0.6 is 15.9 Å². The second kappa shape index (κ2) is 5.97. The SMILES string of the molecule is Cc1ccccc1/C=C/c1cc(Br)cc(C(C)(C)C)c1. The quantitative estimate of drug-likeness (QED) is 0.573. The van der Waals surface area contributed by atoms with Crippen LogP contribution in [0, 0.1) is 6.92 Å². The summed E-state index contributed by atoms with van der Waals surface area (Å²) in [6.45, 7) is 8.86. The van der Waals surface area contributed by atoms with Gasteiger partial charge in [-0.05, 0) is 46.7 Å². The molecular weight excluding hydrogens is 308 g/mol. The summed E-state index contributed by atoms with van der Waals surface area (Å²) in [5.74, 6) is 0. The van der Waals surface area contributed by atoms with Crippen LogP contribution in [0.5, 0.6) is 0 Å². The van der Waals surface area contributed by atoms with Crippen LogP contribution in [0.15, 0.2) is 46.9 Å². The topological polar surface area (TPSA) is 0 Å². The van der Waals surface area contributed by atoms with Crippen LogP contribution in [-0.4, -0.2) is 0 Å². The minimum Gasteiger partial charge on any atom is -0.0620 e. The molecule has 0 aromatic heterocycles. The molecule has 0 unspecified atom stereocenters. The van der Waals surface area contributed by atoms with Crippen molar-refractivity contribution in [3.05, 3.63) is 69.2 Å². The van der Waals surface area contributed by atoms with Crippen LogP contribution in [0.3, 0.4) is 0 Å². The third-order valence-corrected chi connectivity index (χ3v) is 3.89. The van der Waals surface area contributed by atoms with Crippen molar-refractivity contribution in [3.63, 3.8) is 0 Å². The molecule has 0 fully saturated rings. The van der Waals surface area contributed by atoms with E-state index in [2.05, 4.69) is 98.2 Å². The first kappa shape index (κ1) is 15.1. The van der Waals surface area contributed by atoms with Gasteiger partial charge in [0, 0.05) is 4.47 Å². The Labute approximate surface area is 130 Å². The summed E-state index contributed by atoms with van der Waals surface area (Å²) in [5.41, 5.74) is 5.30. The van der Waals surface area contributed by atoms with Gasteiger partial charge in [-0.3, -0.25) is 0 Å². The lowest BCUT2D eigenvalue weighted by Crippen LogP contribution is -2.11. The third kappa shape index (κ3) is 3.83. The molecule has 1 heteroatoms. The average molecular weight is 329 g/mol. The third-order valence-electron chi connectivity index (χ3n) is 3.43. The maximum absolute atomic E-state index is 3.61. The molecule has 0 radical (unpaired) electrons. The zero-order chi connectivity index (χ0) is 14.8. The molecule has 0 bridgehead atoms. The Morgan fingerprint density at radius 2 is 1.65 bits per heavy atom. The Bertz CT molecular complexity index is 630. The molecule has 0 saturated heterocycles. The van der Waals surface area contributed by atoms with Gasteiger partial charge in [0.1, 0.15) is 0 Å². The molecule has 0 amide bonds. The van der Waals surface area contributed by atoms with Crippen molar-refractivity contribution in [2.75, 3.05) is 0 Å². The smallest absolute Gasteiger partial charge is 0.0184 e. The van der Waals surface area contributed by atoms with Crippen molar-refractivity contribution in [2.45, 2.75) is 33.1 Å². The van der Waals surface area contributed by atoms with E-state index in [9.17, 15) is 0 Å². The lowest BCUT2D eigenvalue weighted by atomic mass is 9.86. The van der Waals surface area contributed by atoms with E-state index in [0.717, 1.165) is 4.47 Å². The molecule has 0 aliphatic heterocycles. The monoisotopic (exact) mass is 328 g/mol. The van der Waals surface area contributed by atoms with E-state index >= 15 is 0 Å². The Morgan fingerprint density at radius 1 is 0.950 bits per heavy atom. The predicted octanol–water partition coefficient (Wildman–Crippen LogP) is 6.23. The van der Waals surface area contributed by atoms with E-state index in [4.69, 9.17) is 0 Å². The molecular formula is C19H21Br. The van der Waals surface area contributed by atoms with Gasteiger partial charge in [-0.2, -0.15) is 0 Å². The van der Waals surface area contributed by atoms with E-state index in [-0.39, 0.29) is 5.41 Å². The van der Waals surface area contributed by atoms with Crippen LogP contribution in [0.4, 0.5) is 0 Å². The van der Waals surface area contributed by atoms with Crippen molar-refractivity contribution in [3.8, 4) is 0 Å². The number of rotatable bonds is 2. The zero-order valence-corrected chi connectivity index (χ0v) is 14.2. The maximum atomic E-state index is 3.61. The van der Waals surface area contributed by atoms with Crippen molar-refractivity contribution in [1.29, 1.82) is 0 Å². The molecule has 0 saturated carbocycles. The largest absolute Gasteiger partial charge is 0.0620 e. The molecule has 0 N–H and O–H groups in total. The highest BCUT2D eigenvalue weighted by Gasteiger charge is 2.14. The molecule has 2 aromatic carbocycles. The van der Waals surface area contributed by atoms with Gasteiger partial charge in [0.25, 0.3) is 0 Å². The van der Waals surface area contributed by atoms with Crippen molar-refractivity contribution in [1.82, 2.24) is 0 Å². The molecule has 20 heavy (non-hydrogen) atoms. The molecule has 2 aromatic rings. The van der Waals surface area contributed by atoms with Crippen LogP contribution in [-0.2, 0) is 5.41 Å². The molecule has 0 aliphatic carbocycles. The Balaban J connectivity index is 2.35. The van der Waals surface area contributed by atoms with Gasteiger partial charge in [0.15, 0.2) is 0 Å². The normalized spacial score (nSPS) is 12.1. The molecule has 0 nitrogen and oxygen atoms in total. The Morgan fingerprint density at radius 3 is 2.30 bits per heavy atom. The highest BCUT2D eigenvalue weighted by atomic mass is 79.9. The van der Waals surface area contributed by atoms with Gasteiger partial charge in [0.05, 0.1) is 0 Å². The number of hydrogen-bond acceptors (Lipinski definition) is 0. The van der Waals surface area contributed by atoms with Crippen molar-refractivity contribution in [2.24, 2.45) is 0 Å². The van der Waals surface area contributed by atoms with E-state index < -0.39 is 0 Å². The van der Waals surface area contributed by atoms with Crippen molar-refractivity contribution >= 4 is 28.1 Å². The first-order valence-corrected chi connectivity index (χ1v) is 7.70. The number of halogens is 1. The van der Waals surface area contributed by atoms with Crippen LogP contribution in [0.1, 0.15) is 43.0 Å². The van der Waals surface area contributed by atoms with E-state index in [1.54, 1.807) is 0 Å². The zero-order valence-electron chi connectivity index (χ0n) is 12.6. The lowest BCUT2D eigenvalue weighted by Gasteiger charge is -2.20. The summed E-state index contributed by atoms with van der Waals surface area (Å²) >= 11 is 3.61. The Hall–Kier alpha value is -1.34. The minimum absolute atomic E-state index is 0.162. The highest BCUT2D eigenvalue weighted by molar-refractivity contribution is 9.10. The average Bonchev–Trinajstić information content (AvgIpc) is 2.36. The summed E-state index contributed by atoms with van der Waals surface area (Å²) < 4.78 is 1.13. The van der Waals surface area contributed by atoms with Gasteiger partial charge in [0.2, 0.25) is 0 Å². The van der Waals surface area contributed by atoms with Crippen LogP contribution in [0.25, 0.3) is 12.2 Å². The van der Waals surface area contributed by atoms with Crippen LogP contribution < -0.4 is 0 Å². The fourth-order valence-corrected chi connectivity index (χ4v) is 2.61. The second-order valence-electron chi connectivity index (χ2n) is 6.21. The molecule has 0 spiro atoms. The highest BCUT2D eigenvalue weighted by Crippen LogP contribution is 2.27. The van der Waals surface area contributed by atoms with E-state index in [1.165, 1.54) is 22.3 Å². The summed E-state index contributed by atoms with van der Waals surface area (Å²) in [6, 6.07) is 15.1. The molecule has 2 rings (SSSR count). The fourth-order valence-electron chi connectivity index (χ4n) is 2.10. The lowest BCUT2D eigenvalue weighted by molar-refractivity contribution is 0.590. The molecule has 0 atom stereocenters. The first-order valence-electron chi connectivity index (χ1n) is 6.91. The summed E-state index contributed by atoms with van der Waals surface area (Å²) in [7, 11) is 0. The number of aryl methyl sites for hydroxylation is 1. The molecule has 0 heterocycles. The molecule has 104 valence electrons. The van der Waals surface area contributed by atoms with Gasteiger partial charge >= 0.3 is 0 Å². The molecule has 0 aliphatic rings. The minimum atomic E-state index is 0.162. The second-order valence-corrected chi connectivity index (χ2v) is 7.13. The van der Waals surface area contributed by atoms with Gasteiger partial charge in [-0.1, -0.05) is 79.2 Å². The fraction of sp³-hybridized carbons (Fsp3) is 0.263. The number of benzene rings is 2. The maximum Gasteiger partial charge on any atom is 0.0184 e. The standard InChI is InChI=1S/C19H21Br/c1-14-7-5-6-8-16(14)10-9-15-11-17(19(2,3)4)13-18(20)12-15/h5-13H,1-4H3/b10-9+. The first-order chi connectivity index (χ1) is 9.36. The van der Waals surface area contributed by atoms with Crippen molar-refractivity contribution < 1.29 is 0 Å². The summed E-state index contributed by atoms with van der Waals surface area (Å²) in [5, 5.41) is 0. The number of hydrogen-bond donors (Lipinski definition) is 0. The van der Waals surface area contributed by atoms with E-state index in [1.807, 2.05) is 0 Å². The summed E-state index contributed by atoms with van der Waals surface area (Å²) in [4.78, 5) is 0. The summed E-state index contributed by atoms with van der Waals surface area (Å²) in [6.07, 6.45) is 4.37. The van der Waals surface area contributed by atoms with Gasteiger partial charge in [-0.25, -0.2) is 0 Å². The van der Waals surface area contributed by atoms with Crippen LogP contribution in [0.2, 0.25) is 0 Å². The van der Waals surface area contributed by atoms with Gasteiger partial charge in [-0.15, -0.1) is 0 Å².